The normalized spacial score (nSPS) is 10.2. The minimum Gasteiger partial charge on any atom is -0.504 e. The van der Waals surface area contributed by atoms with Gasteiger partial charge in [0.1, 0.15) is 0 Å². The summed E-state index contributed by atoms with van der Waals surface area (Å²) in [5.41, 5.74) is 2.87. The van der Waals surface area contributed by atoms with Crippen molar-refractivity contribution in [3.63, 3.8) is 0 Å². The van der Waals surface area contributed by atoms with Gasteiger partial charge in [-0.1, -0.05) is 6.07 Å². The number of phenols is 2. The molecule has 2 aromatic rings. The predicted molar refractivity (Wildman–Crippen MR) is 57.7 cm³/mol. The minimum absolute atomic E-state index is 0.111. The maximum absolute atomic E-state index is 9.38. The maximum Gasteiger partial charge on any atom is 0.158 e. The fourth-order valence-corrected chi connectivity index (χ4v) is 1.46. The Bertz CT molecular complexity index is 495. The number of pyridine rings is 1. The van der Waals surface area contributed by atoms with Crippen LogP contribution < -0.4 is 0 Å². The molecule has 0 saturated heterocycles. The molecule has 15 heavy (non-hydrogen) atoms. The summed E-state index contributed by atoms with van der Waals surface area (Å²) in [7, 11) is 0. The number of aromatic hydroxyl groups is 2. The molecule has 76 valence electrons. The lowest BCUT2D eigenvalue weighted by molar-refractivity contribution is 0.404. The van der Waals surface area contributed by atoms with Crippen LogP contribution in [0, 0.1) is 6.92 Å². The molecule has 0 spiro atoms. The zero-order valence-corrected chi connectivity index (χ0v) is 8.31. The summed E-state index contributed by atoms with van der Waals surface area (Å²) >= 11 is 0. The molecule has 0 radical (unpaired) electrons. The largest absolute Gasteiger partial charge is 0.504 e. The van der Waals surface area contributed by atoms with E-state index >= 15 is 0 Å². The fraction of sp³-hybridized carbons (Fsp3) is 0.0833. The Balaban J connectivity index is 2.55. The van der Waals surface area contributed by atoms with E-state index in [4.69, 9.17) is 0 Å². The highest BCUT2D eigenvalue weighted by molar-refractivity contribution is 5.68. The highest BCUT2D eigenvalue weighted by Gasteiger charge is 2.04. The number of rotatable bonds is 1. The van der Waals surface area contributed by atoms with Crippen molar-refractivity contribution in [2.75, 3.05) is 0 Å². The van der Waals surface area contributed by atoms with Gasteiger partial charge in [0, 0.05) is 18.0 Å². The molecule has 0 unspecified atom stereocenters. The van der Waals surface area contributed by atoms with Crippen LogP contribution in [0.3, 0.4) is 0 Å². The van der Waals surface area contributed by atoms with Crippen LogP contribution in [0.2, 0.25) is 0 Å². The van der Waals surface area contributed by atoms with E-state index in [0.29, 0.717) is 0 Å². The second-order valence-corrected chi connectivity index (χ2v) is 3.39. The molecular formula is C12H11NO2. The molecule has 1 aromatic heterocycles. The smallest absolute Gasteiger partial charge is 0.158 e. The van der Waals surface area contributed by atoms with Gasteiger partial charge in [0.25, 0.3) is 0 Å². The third-order valence-corrected chi connectivity index (χ3v) is 2.33. The van der Waals surface area contributed by atoms with Crippen molar-refractivity contribution in [1.29, 1.82) is 0 Å². The number of benzene rings is 1. The van der Waals surface area contributed by atoms with Gasteiger partial charge >= 0.3 is 0 Å². The number of nitrogens with zero attached hydrogens (tertiary/aromatic N) is 1. The zero-order chi connectivity index (χ0) is 10.8. The number of aryl methyl sites for hydroxylation is 1. The van der Waals surface area contributed by atoms with Crippen LogP contribution >= 0.6 is 0 Å². The van der Waals surface area contributed by atoms with Gasteiger partial charge < -0.3 is 10.2 Å². The first-order chi connectivity index (χ1) is 7.18. The first-order valence-electron chi connectivity index (χ1n) is 4.61. The molecule has 0 fully saturated rings. The molecule has 0 atom stereocenters. The summed E-state index contributed by atoms with van der Waals surface area (Å²) < 4.78 is 0. The molecule has 3 heteroatoms. The molecule has 1 heterocycles. The van der Waals surface area contributed by atoms with Crippen LogP contribution in [0.15, 0.2) is 36.7 Å². The molecular weight excluding hydrogens is 190 g/mol. The van der Waals surface area contributed by atoms with E-state index in [1.807, 2.05) is 13.0 Å². The van der Waals surface area contributed by atoms with Gasteiger partial charge in [-0.05, 0) is 36.2 Å². The summed E-state index contributed by atoms with van der Waals surface area (Å²) in [6, 6.07) is 6.65. The first kappa shape index (κ1) is 9.52. The molecule has 0 amide bonds. The number of hydrogen-bond acceptors (Lipinski definition) is 3. The summed E-state index contributed by atoms with van der Waals surface area (Å²) in [4.78, 5) is 4.03. The zero-order valence-electron chi connectivity index (χ0n) is 8.31. The van der Waals surface area contributed by atoms with Gasteiger partial charge in [-0.25, -0.2) is 0 Å². The summed E-state index contributed by atoms with van der Waals surface area (Å²) in [6.07, 6.45) is 3.46. The average molecular weight is 201 g/mol. The number of phenolic OH excluding ortho intramolecular Hbond substituents is 2. The highest BCUT2D eigenvalue weighted by Crippen LogP contribution is 2.31. The van der Waals surface area contributed by atoms with Gasteiger partial charge in [-0.15, -0.1) is 0 Å². The Labute approximate surface area is 87.7 Å². The topological polar surface area (TPSA) is 53.4 Å². The Morgan fingerprint density at radius 3 is 2.53 bits per heavy atom. The quantitative estimate of drug-likeness (QED) is 0.697. The highest BCUT2D eigenvalue weighted by atomic mass is 16.3. The van der Waals surface area contributed by atoms with Gasteiger partial charge in [-0.2, -0.15) is 0 Å². The third-order valence-electron chi connectivity index (χ3n) is 2.33. The SMILES string of the molecule is Cc1ccncc1-c1ccc(O)c(O)c1. The Hall–Kier alpha value is -2.03. The molecule has 0 aliphatic carbocycles. The Kier molecular flexibility index (Phi) is 2.29. The van der Waals surface area contributed by atoms with Crippen molar-refractivity contribution in [2.45, 2.75) is 6.92 Å². The van der Waals surface area contributed by atoms with E-state index in [0.717, 1.165) is 16.7 Å². The third kappa shape index (κ3) is 1.76. The maximum atomic E-state index is 9.38. The molecule has 2 N–H and O–H groups in total. The van der Waals surface area contributed by atoms with E-state index < -0.39 is 0 Å². The fourth-order valence-electron chi connectivity index (χ4n) is 1.46. The monoisotopic (exact) mass is 201 g/mol. The molecule has 3 nitrogen and oxygen atoms in total. The van der Waals surface area contributed by atoms with Crippen molar-refractivity contribution >= 4 is 0 Å². The van der Waals surface area contributed by atoms with Crippen LogP contribution in [0.1, 0.15) is 5.56 Å². The molecule has 0 bridgehead atoms. The minimum atomic E-state index is -0.115. The lowest BCUT2D eigenvalue weighted by atomic mass is 10.0. The second-order valence-electron chi connectivity index (χ2n) is 3.39. The lowest BCUT2D eigenvalue weighted by Gasteiger charge is -2.06. The van der Waals surface area contributed by atoms with Gasteiger partial charge in [0.2, 0.25) is 0 Å². The molecule has 1 aromatic carbocycles. The summed E-state index contributed by atoms with van der Waals surface area (Å²) in [5, 5.41) is 18.6. The molecule has 0 aliphatic rings. The summed E-state index contributed by atoms with van der Waals surface area (Å²) in [6.45, 7) is 1.97. The van der Waals surface area contributed by atoms with E-state index in [-0.39, 0.29) is 11.5 Å². The van der Waals surface area contributed by atoms with Crippen LogP contribution in [0.5, 0.6) is 11.5 Å². The van der Waals surface area contributed by atoms with E-state index in [1.54, 1.807) is 18.5 Å². The standard InChI is InChI=1S/C12H11NO2/c1-8-4-5-13-7-10(8)9-2-3-11(14)12(15)6-9/h2-7,14-15H,1H3. The van der Waals surface area contributed by atoms with Gasteiger partial charge in [0.15, 0.2) is 11.5 Å². The van der Waals surface area contributed by atoms with Crippen molar-refractivity contribution in [3.8, 4) is 22.6 Å². The van der Waals surface area contributed by atoms with E-state index in [2.05, 4.69) is 4.98 Å². The van der Waals surface area contributed by atoms with Crippen LogP contribution in [-0.4, -0.2) is 15.2 Å². The average Bonchev–Trinajstić information content (AvgIpc) is 2.23. The predicted octanol–water partition coefficient (Wildman–Crippen LogP) is 2.47. The molecule has 0 aliphatic heterocycles. The lowest BCUT2D eigenvalue weighted by Crippen LogP contribution is -1.84. The second kappa shape index (κ2) is 3.61. The first-order valence-corrected chi connectivity index (χ1v) is 4.61. The van der Waals surface area contributed by atoms with Crippen molar-refractivity contribution < 1.29 is 10.2 Å². The van der Waals surface area contributed by atoms with Crippen LogP contribution in [0.25, 0.3) is 11.1 Å². The van der Waals surface area contributed by atoms with Crippen molar-refractivity contribution in [3.05, 3.63) is 42.2 Å². The van der Waals surface area contributed by atoms with Crippen LogP contribution in [0.4, 0.5) is 0 Å². The Morgan fingerprint density at radius 2 is 1.87 bits per heavy atom. The summed E-state index contributed by atoms with van der Waals surface area (Å²) in [5.74, 6) is -0.226. The molecule has 2 rings (SSSR count). The van der Waals surface area contributed by atoms with Crippen LogP contribution in [-0.2, 0) is 0 Å². The van der Waals surface area contributed by atoms with Gasteiger partial charge in [-0.3, -0.25) is 4.98 Å². The Morgan fingerprint density at radius 1 is 1.07 bits per heavy atom. The van der Waals surface area contributed by atoms with E-state index in [9.17, 15) is 10.2 Å². The molecule has 0 saturated carbocycles. The van der Waals surface area contributed by atoms with Crippen molar-refractivity contribution in [2.24, 2.45) is 0 Å². The number of hydrogen-bond donors (Lipinski definition) is 2. The number of aromatic nitrogens is 1. The van der Waals surface area contributed by atoms with Crippen molar-refractivity contribution in [1.82, 2.24) is 4.98 Å². The van der Waals surface area contributed by atoms with E-state index in [1.165, 1.54) is 12.1 Å². The van der Waals surface area contributed by atoms with Gasteiger partial charge in [0.05, 0.1) is 0 Å².